The fourth-order valence-electron chi connectivity index (χ4n) is 5.70. The molecule has 3 aliphatic rings. The van der Waals surface area contributed by atoms with Gasteiger partial charge in [0.05, 0.1) is 34.7 Å². The van der Waals surface area contributed by atoms with Gasteiger partial charge in [-0.1, -0.05) is 6.92 Å². The number of likely N-dealkylation sites (N-methyl/N-ethyl adjacent to an activating group) is 1. The number of nitrogens with two attached hydrogens (primary N) is 1. The van der Waals surface area contributed by atoms with Crippen LogP contribution in [0.15, 0.2) is 18.2 Å². The number of likely N-dealkylation sites (tertiary alicyclic amines) is 1. The Kier molecular flexibility index (Phi) is 6.94. The van der Waals surface area contributed by atoms with Crippen molar-refractivity contribution in [2.24, 2.45) is 11.7 Å². The van der Waals surface area contributed by atoms with E-state index in [0.29, 0.717) is 54.5 Å². The van der Waals surface area contributed by atoms with Crippen molar-refractivity contribution in [1.82, 2.24) is 24.9 Å². The van der Waals surface area contributed by atoms with Gasteiger partial charge in [-0.05, 0) is 70.7 Å². The van der Waals surface area contributed by atoms with Crippen molar-refractivity contribution < 1.29 is 14.4 Å². The number of nitrogens with one attached hydrogen (secondary N) is 2. The largest absolute Gasteiger partial charge is 0.380 e. The average molecular weight is 522 g/mol. The molecule has 1 aromatic carbocycles. The third kappa shape index (κ3) is 5.01. The van der Waals surface area contributed by atoms with Crippen LogP contribution in [-0.4, -0.2) is 81.6 Å². The number of benzene rings is 1. The second-order valence-corrected chi connectivity index (χ2v) is 11.5. The van der Waals surface area contributed by atoms with Gasteiger partial charge in [-0.15, -0.1) is 0 Å². The molecule has 1 saturated carbocycles. The van der Waals surface area contributed by atoms with Crippen LogP contribution in [0, 0.1) is 12.8 Å². The highest BCUT2D eigenvalue weighted by molar-refractivity contribution is 6.00. The first-order chi connectivity index (χ1) is 18.1. The van der Waals surface area contributed by atoms with Crippen LogP contribution in [0.4, 0.5) is 5.69 Å². The predicted octanol–water partition coefficient (Wildman–Crippen LogP) is 2.09. The maximum Gasteiger partial charge on any atom is 0.258 e. The molecule has 0 bridgehead atoms. The van der Waals surface area contributed by atoms with Crippen LogP contribution in [0.3, 0.4) is 0 Å². The van der Waals surface area contributed by atoms with Gasteiger partial charge in [0, 0.05) is 43.3 Å². The summed E-state index contributed by atoms with van der Waals surface area (Å²) in [6.07, 6.45) is 3.84. The van der Waals surface area contributed by atoms with E-state index < -0.39 is 5.91 Å². The fraction of sp³-hybridized carbons (Fsp3) is 0.571. The van der Waals surface area contributed by atoms with Gasteiger partial charge in [0.1, 0.15) is 0 Å². The van der Waals surface area contributed by atoms with E-state index in [1.54, 1.807) is 6.07 Å². The van der Waals surface area contributed by atoms with Crippen molar-refractivity contribution in [2.75, 3.05) is 38.0 Å². The molecule has 1 unspecified atom stereocenters. The van der Waals surface area contributed by atoms with E-state index in [0.717, 1.165) is 30.9 Å². The molecule has 38 heavy (non-hydrogen) atoms. The van der Waals surface area contributed by atoms with Crippen LogP contribution >= 0.6 is 0 Å². The number of primary amides is 1. The Morgan fingerprint density at radius 1 is 1.21 bits per heavy atom. The van der Waals surface area contributed by atoms with Crippen molar-refractivity contribution in [3.8, 4) is 5.69 Å². The highest BCUT2D eigenvalue weighted by Gasteiger charge is 2.43. The minimum Gasteiger partial charge on any atom is -0.380 e. The van der Waals surface area contributed by atoms with Gasteiger partial charge in [-0.2, -0.15) is 5.10 Å². The van der Waals surface area contributed by atoms with E-state index in [4.69, 9.17) is 10.8 Å². The summed E-state index contributed by atoms with van der Waals surface area (Å²) in [6, 6.07) is 5.41. The number of aryl methyl sites for hydroxylation is 1. The topological polar surface area (TPSA) is 126 Å². The molecule has 1 aliphatic carbocycles. The van der Waals surface area contributed by atoms with E-state index in [1.807, 2.05) is 40.5 Å². The van der Waals surface area contributed by atoms with Crippen LogP contribution in [0.2, 0.25) is 0 Å². The van der Waals surface area contributed by atoms with Crippen molar-refractivity contribution in [3.63, 3.8) is 0 Å². The van der Waals surface area contributed by atoms with Crippen LogP contribution in [0.5, 0.6) is 0 Å². The number of nitrogens with zero attached hydrogens (tertiary/aromatic N) is 4. The van der Waals surface area contributed by atoms with E-state index in [9.17, 15) is 14.4 Å². The average Bonchev–Trinajstić information content (AvgIpc) is 3.47. The van der Waals surface area contributed by atoms with E-state index in [2.05, 4.69) is 24.5 Å². The number of rotatable bonds is 9. The Hall–Kier alpha value is -3.40. The fourth-order valence-corrected chi connectivity index (χ4v) is 5.70. The standard InChI is InChI=1S/C28H39N7O3/c1-5-30-14-24(36)33-11-10-19(16-33)31-22-12-20(8-9-21(22)26(29)37)35-23-13-28(3,4)34(15-18-6-7-18)27(38)25(23)17(2)32-35/h8-9,12,18-19,30-31H,5-7,10-11,13-16H2,1-4H3,(H2,29,37). The van der Waals surface area contributed by atoms with Crippen LogP contribution < -0.4 is 16.4 Å². The summed E-state index contributed by atoms with van der Waals surface area (Å²) in [5.41, 5.74) is 9.43. The summed E-state index contributed by atoms with van der Waals surface area (Å²) < 4.78 is 1.84. The van der Waals surface area contributed by atoms with Crippen molar-refractivity contribution in [3.05, 3.63) is 40.7 Å². The molecule has 2 fully saturated rings. The molecule has 5 rings (SSSR count). The van der Waals surface area contributed by atoms with Crippen LogP contribution in [0.25, 0.3) is 5.69 Å². The summed E-state index contributed by atoms with van der Waals surface area (Å²) in [5, 5.41) is 11.3. The second-order valence-electron chi connectivity index (χ2n) is 11.5. The lowest BCUT2D eigenvalue weighted by atomic mass is 9.87. The molecular formula is C28H39N7O3. The molecule has 1 aromatic heterocycles. The molecule has 3 heterocycles. The van der Waals surface area contributed by atoms with Crippen molar-refractivity contribution in [1.29, 1.82) is 0 Å². The molecule has 4 N–H and O–H groups in total. The second kappa shape index (κ2) is 10.1. The third-order valence-corrected chi connectivity index (χ3v) is 8.02. The Labute approximate surface area is 223 Å². The zero-order valence-corrected chi connectivity index (χ0v) is 22.8. The quantitative estimate of drug-likeness (QED) is 0.464. The van der Waals surface area contributed by atoms with Gasteiger partial charge < -0.3 is 26.2 Å². The van der Waals surface area contributed by atoms with Gasteiger partial charge in [0.25, 0.3) is 11.8 Å². The first kappa shape index (κ1) is 26.2. The Morgan fingerprint density at radius 2 is 1.97 bits per heavy atom. The molecule has 204 valence electrons. The zero-order chi connectivity index (χ0) is 27.2. The van der Waals surface area contributed by atoms with Crippen LogP contribution in [-0.2, 0) is 11.2 Å². The zero-order valence-electron chi connectivity index (χ0n) is 22.8. The smallest absolute Gasteiger partial charge is 0.258 e. The van der Waals surface area contributed by atoms with Gasteiger partial charge in [-0.25, -0.2) is 4.68 Å². The number of anilines is 1. The van der Waals surface area contributed by atoms with Gasteiger partial charge in [-0.3, -0.25) is 14.4 Å². The van der Waals surface area contributed by atoms with E-state index in [1.165, 1.54) is 12.8 Å². The molecule has 1 saturated heterocycles. The number of hydrogen-bond acceptors (Lipinski definition) is 6. The summed E-state index contributed by atoms with van der Waals surface area (Å²) in [7, 11) is 0. The number of carbonyl (C=O) groups is 3. The van der Waals surface area contributed by atoms with E-state index in [-0.39, 0.29) is 23.4 Å². The van der Waals surface area contributed by atoms with Gasteiger partial charge >= 0.3 is 0 Å². The van der Waals surface area contributed by atoms with Gasteiger partial charge in [0.2, 0.25) is 5.91 Å². The molecular weight excluding hydrogens is 482 g/mol. The molecule has 0 radical (unpaired) electrons. The third-order valence-electron chi connectivity index (χ3n) is 8.02. The molecule has 1 atom stereocenters. The Balaban J connectivity index is 1.43. The monoisotopic (exact) mass is 521 g/mol. The number of carbonyl (C=O) groups excluding carboxylic acids is 3. The molecule has 10 heteroatoms. The first-order valence-corrected chi connectivity index (χ1v) is 13.7. The summed E-state index contributed by atoms with van der Waals surface area (Å²) in [5.74, 6) is 0.201. The molecule has 0 spiro atoms. The number of hydrogen-bond donors (Lipinski definition) is 3. The number of amides is 3. The lowest BCUT2D eigenvalue weighted by molar-refractivity contribution is -0.129. The molecule has 3 amide bonds. The minimum atomic E-state index is -0.525. The normalized spacial score (nSPS) is 20.5. The van der Waals surface area contributed by atoms with Gasteiger partial charge in [0.15, 0.2) is 0 Å². The highest BCUT2D eigenvalue weighted by Crippen LogP contribution is 2.38. The summed E-state index contributed by atoms with van der Waals surface area (Å²) >= 11 is 0. The lowest BCUT2D eigenvalue weighted by Crippen LogP contribution is -2.53. The molecule has 2 aromatic rings. The van der Waals surface area contributed by atoms with Crippen LogP contribution in [0.1, 0.15) is 72.1 Å². The van der Waals surface area contributed by atoms with E-state index >= 15 is 0 Å². The summed E-state index contributed by atoms with van der Waals surface area (Å²) in [6.45, 7) is 11.2. The number of aromatic nitrogens is 2. The van der Waals surface area contributed by atoms with Crippen molar-refractivity contribution in [2.45, 2.75) is 65.0 Å². The first-order valence-electron chi connectivity index (χ1n) is 13.7. The number of fused-ring (bicyclic) bond motifs is 1. The molecule has 2 aliphatic heterocycles. The summed E-state index contributed by atoms with van der Waals surface area (Å²) in [4.78, 5) is 42.2. The van der Waals surface area contributed by atoms with Crippen molar-refractivity contribution >= 4 is 23.4 Å². The SMILES string of the molecule is CCNCC(=O)N1CCC(Nc2cc(-n3nc(C)c4c3CC(C)(C)N(CC3CC3)C4=O)ccc2C(N)=O)C1. The maximum atomic E-state index is 13.6. The molecule has 10 nitrogen and oxygen atoms in total. The Bertz CT molecular complexity index is 1260. The predicted molar refractivity (Wildman–Crippen MR) is 146 cm³/mol. The Morgan fingerprint density at radius 3 is 2.66 bits per heavy atom. The highest BCUT2D eigenvalue weighted by atomic mass is 16.2. The maximum absolute atomic E-state index is 13.6. The minimum absolute atomic E-state index is 0.00121. The lowest BCUT2D eigenvalue weighted by Gasteiger charge is -2.42.